The summed E-state index contributed by atoms with van der Waals surface area (Å²) in [5, 5.41) is 5.30. The molecule has 1 aliphatic carbocycles. The van der Waals surface area contributed by atoms with Crippen LogP contribution in [0.25, 0.3) is 0 Å². The van der Waals surface area contributed by atoms with E-state index in [9.17, 15) is 19.2 Å². The van der Waals surface area contributed by atoms with E-state index in [2.05, 4.69) is 10.6 Å². The van der Waals surface area contributed by atoms with Crippen LogP contribution < -0.4 is 22.1 Å². The average molecular weight is 438 g/mol. The van der Waals surface area contributed by atoms with Crippen molar-refractivity contribution in [3.05, 3.63) is 23.8 Å². The third-order valence-corrected chi connectivity index (χ3v) is 4.95. The molecule has 0 fully saturated rings. The largest absolute Gasteiger partial charge is 0.445 e. The highest BCUT2D eigenvalue weighted by molar-refractivity contribution is 5.85. The summed E-state index contributed by atoms with van der Waals surface area (Å²) in [6.45, 7) is 5.65. The first-order valence-corrected chi connectivity index (χ1v) is 10.4. The zero-order valence-electron chi connectivity index (χ0n) is 18.7. The number of carbonyl (C=O) groups is 4. The van der Waals surface area contributed by atoms with Gasteiger partial charge in [0.15, 0.2) is 5.78 Å². The molecule has 2 unspecified atom stereocenters. The van der Waals surface area contributed by atoms with Crippen molar-refractivity contribution in [2.45, 2.75) is 58.2 Å². The SMILES string of the molecule is CC(=O)[C@@H](C(C)C)N(C)C(=O)OCC1=CCC(NC(=O)C(N)CCCNC(N)=O)C=C1. The van der Waals surface area contributed by atoms with Gasteiger partial charge in [-0.05, 0) is 37.7 Å². The molecule has 31 heavy (non-hydrogen) atoms. The van der Waals surface area contributed by atoms with Crippen LogP contribution in [-0.4, -0.2) is 67.0 Å². The van der Waals surface area contributed by atoms with Crippen LogP contribution in [0.15, 0.2) is 23.8 Å². The van der Waals surface area contributed by atoms with Crippen LogP contribution in [0, 0.1) is 5.92 Å². The Hall–Kier alpha value is -2.88. The predicted octanol–water partition coefficient (Wildman–Crippen LogP) is 0.815. The molecule has 1 rings (SSSR count). The van der Waals surface area contributed by atoms with Gasteiger partial charge >= 0.3 is 12.1 Å². The van der Waals surface area contributed by atoms with Crippen molar-refractivity contribution in [3.8, 4) is 0 Å². The molecule has 0 aromatic carbocycles. The number of nitrogens with zero attached hydrogens (tertiary/aromatic N) is 1. The third-order valence-electron chi connectivity index (χ3n) is 4.95. The van der Waals surface area contributed by atoms with Gasteiger partial charge in [-0.2, -0.15) is 0 Å². The van der Waals surface area contributed by atoms with Crippen molar-refractivity contribution in [2.75, 3.05) is 20.2 Å². The summed E-state index contributed by atoms with van der Waals surface area (Å²) in [6.07, 6.45) is 6.44. The number of hydrogen-bond donors (Lipinski definition) is 4. The summed E-state index contributed by atoms with van der Waals surface area (Å²) < 4.78 is 5.32. The number of carbonyl (C=O) groups excluding carboxylic acids is 4. The van der Waals surface area contributed by atoms with Crippen molar-refractivity contribution < 1.29 is 23.9 Å². The third kappa shape index (κ3) is 9.20. The fraction of sp³-hybridized carbons (Fsp3) is 0.619. The Morgan fingerprint density at radius 2 is 1.97 bits per heavy atom. The molecule has 0 aliphatic heterocycles. The van der Waals surface area contributed by atoms with Crippen molar-refractivity contribution in [1.82, 2.24) is 15.5 Å². The number of amides is 4. The first kappa shape index (κ1) is 26.2. The Balaban J connectivity index is 2.41. The van der Waals surface area contributed by atoms with Gasteiger partial charge in [-0.15, -0.1) is 0 Å². The zero-order valence-corrected chi connectivity index (χ0v) is 18.7. The Morgan fingerprint density at radius 1 is 1.29 bits per heavy atom. The lowest BCUT2D eigenvalue weighted by molar-refractivity contribution is -0.123. The summed E-state index contributed by atoms with van der Waals surface area (Å²) >= 11 is 0. The van der Waals surface area contributed by atoms with Crippen molar-refractivity contribution in [3.63, 3.8) is 0 Å². The number of hydrogen-bond acceptors (Lipinski definition) is 6. The number of primary amides is 1. The lowest BCUT2D eigenvalue weighted by atomic mass is 10.00. The molecule has 0 radical (unpaired) electrons. The van der Waals surface area contributed by atoms with E-state index in [0.29, 0.717) is 25.8 Å². The highest BCUT2D eigenvalue weighted by Gasteiger charge is 2.28. The molecule has 0 aromatic rings. The van der Waals surface area contributed by atoms with E-state index in [1.165, 1.54) is 11.8 Å². The molecule has 0 aromatic heterocycles. The Labute approximate surface area is 183 Å². The van der Waals surface area contributed by atoms with E-state index in [-0.39, 0.29) is 30.3 Å². The van der Waals surface area contributed by atoms with Crippen molar-refractivity contribution >= 4 is 23.8 Å². The predicted molar refractivity (Wildman–Crippen MR) is 117 cm³/mol. The topological polar surface area (TPSA) is 157 Å². The molecule has 10 heteroatoms. The van der Waals surface area contributed by atoms with Crippen LogP contribution in [-0.2, 0) is 14.3 Å². The van der Waals surface area contributed by atoms with E-state index < -0.39 is 24.2 Å². The quantitative estimate of drug-likeness (QED) is 0.350. The molecule has 3 atom stereocenters. The van der Waals surface area contributed by atoms with E-state index in [4.69, 9.17) is 16.2 Å². The summed E-state index contributed by atoms with van der Waals surface area (Å²) in [6, 6.07) is -2.02. The Kier molecular flexibility index (Phi) is 10.7. The van der Waals surface area contributed by atoms with Gasteiger partial charge in [-0.1, -0.05) is 32.1 Å². The highest BCUT2D eigenvalue weighted by atomic mass is 16.6. The minimum atomic E-state index is -0.680. The molecule has 0 saturated carbocycles. The number of nitrogens with two attached hydrogens (primary N) is 2. The lowest BCUT2D eigenvalue weighted by Gasteiger charge is -2.28. The molecule has 6 N–H and O–H groups in total. The van der Waals surface area contributed by atoms with Crippen LogP contribution >= 0.6 is 0 Å². The van der Waals surface area contributed by atoms with Gasteiger partial charge in [0.05, 0.1) is 18.1 Å². The summed E-state index contributed by atoms with van der Waals surface area (Å²) in [7, 11) is 1.55. The van der Waals surface area contributed by atoms with Crippen LogP contribution in [0.2, 0.25) is 0 Å². The highest BCUT2D eigenvalue weighted by Crippen LogP contribution is 2.14. The number of ether oxygens (including phenoxy) is 1. The monoisotopic (exact) mass is 437 g/mol. The maximum Gasteiger partial charge on any atom is 0.410 e. The summed E-state index contributed by atoms with van der Waals surface area (Å²) in [5.41, 5.74) is 11.7. The van der Waals surface area contributed by atoms with Gasteiger partial charge in [0.1, 0.15) is 6.61 Å². The van der Waals surface area contributed by atoms with Crippen molar-refractivity contribution in [2.24, 2.45) is 17.4 Å². The number of rotatable bonds is 11. The molecule has 4 amide bonds. The Morgan fingerprint density at radius 3 is 2.48 bits per heavy atom. The molecule has 1 aliphatic rings. The van der Waals surface area contributed by atoms with Gasteiger partial charge in [-0.3, -0.25) is 9.59 Å². The van der Waals surface area contributed by atoms with Gasteiger partial charge in [0.25, 0.3) is 0 Å². The molecule has 0 saturated heterocycles. The number of ketones is 1. The second-order valence-corrected chi connectivity index (χ2v) is 7.99. The second kappa shape index (κ2) is 12.7. The van der Waals surface area contributed by atoms with Crippen LogP contribution in [0.5, 0.6) is 0 Å². The molecule has 10 nitrogen and oxygen atoms in total. The zero-order chi connectivity index (χ0) is 23.6. The lowest BCUT2D eigenvalue weighted by Crippen LogP contribution is -2.45. The maximum absolute atomic E-state index is 12.3. The minimum absolute atomic E-state index is 0.0148. The van der Waals surface area contributed by atoms with Gasteiger partial charge < -0.3 is 31.7 Å². The molecular formula is C21H35N5O5. The first-order valence-electron chi connectivity index (χ1n) is 10.4. The standard InChI is InChI=1S/C21H35N5O5/c1-13(2)18(14(3)27)26(4)21(30)31-12-15-7-9-16(10-8-15)25-19(28)17(22)6-5-11-24-20(23)29/h7-9,13,16-18H,5-6,10-12,22H2,1-4H3,(H,25,28)(H3,23,24,29)/t16?,17?,18-/m1/s1. The Bertz CT molecular complexity index is 719. The van der Waals surface area contributed by atoms with Gasteiger partial charge in [-0.25, -0.2) is 9.59 Å². The molecule has 0 heterocycles. The molecule has 174 valence electrons. The van der Waals surface area contributed by atoms with E-state index >= 15 is 0 Å². The normalized spacial score (nSPS) is 17.4. The number of nitrogens with one attached hydrogen (secondary N) is 2. The second-order valence-electron chi connectivity index (χ2n) is 7.99. The molecular weight excluding hydrogens is 402 g/mol. The minimum Gasteiger partial charge on any atom is -0.445 e. The van der Waals surface area contributed by atoms with Gasteiger partial charge in [0, 0.05) is 13.6 Å². The molecule has 0 spiro atoms. The van der Waals surface area contributed by atoms with Gasteiger partial charge in [0.2, 0.25) is 5.91 Å². The van der Waals surface area contributed by atoms with Crippen molar-refractivity contribution in [1.29, 1.82) is 0 Å². The maximum atomic E-state index is 12.3. The van der Waals surface area contributed by atoms with Crippen LogP contribution in [0.1, 0.15) is 40.0 Å². The summed E-state index contributed by atoms with van der Waals surface area (Å²) in [5.74, 6) is -0.381. The number of likely N-dealkylation sites (N-methyl/N-ethyl adjacent to an activating group) is 1. The molecule has 0 bridgehead atoms. The smallest absolute Gasteiger partial charge is 0.410 e. The van der Waals surface area contributed by atoms with E-state index in [1.54, 1.807) is 13.1 Å². The number of Topliss-reactive ketones (excluding diaryl/α,β-unsaturated/α-hetero) is 1. The number of urea groups is 1. The van der Waals surface area contributed by atoms with Crippen LogP contribution in [0.4, 0.5) is 9.59 Å². The van der Waals surface area contributed by atoms with Crippen LogP contribution in [0.3, 0.4) is 0 Å². The first-order chi connectivity index (χ1) is 14.5. The fourth-order valence-electron chi connectivity index (χ4n) is 3.38. The average Bonchev–Trinajstić information content (AvgIpc) is 2.69. The van der Waals surface area contributed by atoms with E-state index in [0.717, 1.165) is 5.57 Å². The summed E-state index contributed by atoms with van der Waals surface area (Å²) in [4.78, 5) is 48.2. The fourth-order valence-corrected chi connectivity index (χ4v) is 3.38. The van der Waals surface area contributed by atoms with E-state index in [1.807, 2.05) is 26.0 Å².